The predicted molar refractivity (Wildman–Crippen MR) is 29.2 cm³/mol. The van der Waals surface area contributed by atoms with Crippen molar-refractivity contribution in [3.63, 3.8) is 0 Å². The number of hydrogen-bond donors (Lipinski definition) is 1. The van der Waals surface area contributed by atoms with Gasteiger partial charge in [-0.3, -0.25) is 0 Å². The summed E-state index contributed by atoms with van der Waals surface area (Å²) in [6, 6.07) is 0. The fourth-order valence-corrected chi connectivity index (χ4v) is 0.527. The van der Waals surface area contributed by atoms with Gasteiger partial charge < -0.3 is 14.2 Å². The van der Waals surface area contributed by atoms with E-state index in [1.807, 2.05) is 0 Å². The topological polar surface area (TPSA) is 72.8 Å². The Balaban J connectivity index is 3.75. The first-order valence-electron chi connectivity index (χ1n) is 2.03. The molecule has 0 heterocycles. The molecule has 9 heavy (non-hydrogen) atoms. The van der Waals surface area contributed by atoms with Crippen molar-refractivity contribution in [1.29, 1.82) is 0 Å². The largest absolute Gasteiger partial charge is 0.514 e. The van der Waals surface area contributed by atoms with Crippen LogP contribution in [-0.4, -0.2) is 24.8 Å². The van der Waals surface area contributed by atoms with Crippen LogP contribution < -0.4 is 0 Å². The van der Waals surface area contributed by atoms with E-state index in [4.69, 9.17) is 4.89 Å². The molecule has 0 bridgehead atoms. The molecule has 0 spiro atoms. The highest BCUT2D eigenvalue weighted by Crippen LogP contribution is 2.36. The molecule has 0 radical (unpaired) electrons. The summed E-state index contributed by atoms with van der Waals surface area (Å²) in [5, 5.41) is 0. The molecule has 0 aliphatic carbocycles. The summed E-state index contributed by atoms with van der Waals surface area (Å²) in [5.41, 5.74) is 0. The molecule has 1 N–H and O–H groups in total. The van der Waals surface area contributed by atoms with Crippen LogP contribution in [0.1, 0.15) is 0 Å². The van der Waals surface area contributed by atoms with Crippen LogP contribution in [0.2, 0.25) is 0 Å². The number of methoxy groups -OCH3 is 1. The molecule has 5 nitrogen and oxygen atoms in total. The quantitative estimate of drug-likeness (QED) is 0.441. The molecule has 1 unspecified atom stereocenters. The van der Waals surface area contributed by atoms with Gasteiger partial charge in [0, 0.05) is 6.66 Å². The molecule has 0 aromatic carbocycles. The van der Waals surface area contributed by atoms with Crippen LogP contribution in [-0.2, 0) is 13.8 Å². The highest BCUT2D eigenvalue weighted by molar-refractivity contribution is 7.52. The Hall–Kier alpha value is -0.540. The second-order valence-corrected chi connectivity index (χ2v) is 3.14. The van der Waals surface area contributed by atoms with E-state index >= 15 is 0 Å². The monoisotopic (exact) mass is 154 g/mol. The normalized spacial score (nSPS) is 15.9. The molecular formula is C3H7O5P. The first-order valence-corrected chi connectivity index (χ1v) is 4.06. The fraction of sp³-hybridized carbons (Fsp3) is 0.667. The molecule has 0 saturated heterocycles. The van der Waals surface area contributed by atoms with E-state index in [0.717, 1.165) is 13.8 Å². The molecule has 0 amide bonds. The van der Waals surface area contributed by atoms with Crippen molar-refractivity contribution in [3.05, 3.63) is 0 Å². The van der Waals surface area contributed by atoms with Crippen LogP contribution in [0.15, 0.2) is 0 Å². The number of carbonyl (C=O) groups is 1. The molecular weight excluding hydrogens is 147 g/mol. The molecule has 54 valence electrons. The Morgan fingerprint density at radius 1 is 1.67 bits per heavy atom. The van der Waals surface area contributed by atoms with Crippen molar-refractivity contribution in [2.24, 2.45) is 0 Å². The molecule has 0 fully saturated rings. The predicted octanol–water partition coefficient (Wildman–Crippen LogP) is 0.585. The highest BCUT2D eigenvalue weighted by Gasteiger charge is 2.16. The van der Waals surface area contributed by atoms with Crippen molar-refractivity contribution in [1.82, 2.24) is 0 Å². The van der Waals surface area contributed by atoms with E-state index < -0.39 is 13.8 Å². The Bertz CT molecular complexity index is 146. The van der Waals surface area contributed by atoms with Crippen LogP contribution in [0.5, 0.6) is 0 Å². The summed E-state index contributed by atoms with van der Waals surface area (Å²) in [6.07, 6.45) is -1.15. The van der Waals surface area contributed by atoms with Gasteiger partial charge in [0.2, 0.25) is 0 Å². The second-order valence-electron chi connectivity index (χ2n) is 1.35. The van der Waals surface area contributed by atoms with Gasteiger partial charge in [-0.1, -0.05) is 0 Å². The van der Waals surface area contributed by atoms with Crippen LogP contribution in [0.25, 0.3) is 0 Å². The van der Waals surface area contributed by atoms with Crippen LogP contribution in [0, 0.1) is 0 Å². The van der Waals surface area contributed by atoms with E-state index in [1.54, 1.807) is 0 Å². The lowest BCUT2D eigenvalue weighted by Crippen LogP contribution is -2.00. The van der Waals surface area contributed by atoms with Gasteiger partial charge in [0.05, 0.1) is 7.11 Å². The maximum absolute atomic E-state index is 10.2. The molecule has 0 aromatic rings. The third kappa shape index (κ3) is 5.33. The summed E-state index contributed by atoms with van der Waals surface area (Å²) < 4.78 is 18.0. The maximum Gasteiger partial charge on any atom is 0.514 e. The standard InChI is InChI=1S/C3H7O5P/c1-7-3(4)8-9(2,5)6/h1-2H3,(H,5,6). The van der Waals surface area contributed by atoms with E-state index in [-0.39, 0.29) is 0 Å². The molecule has 0 rings (SSSR count). The zero-order chi connectivity index (χ0) is 7.49. The lowest BCUT2D eigenvalue weighted by molar-refractivity contribution is 0.117. The van der Waals surface area contributed by atoms with E-state index in [9.17, 15) is 9.36 Å². The Morgan fingerprint density at radius 3 is 2.22 bits per heavy atom. The van der Waals surface area contributed by atoms with Gasteiger partial charge in [-0.2, -0.15) is 0 Å². The number of carbonyl (C=O) groups excluding carboxylic acids is 1. The smallest absolute Gasteiger partial charge is 0.437 e. The van der Waals surface area contributed by atoms with E-state index in [1.165, 1.54) is 0 Å². The van der Waals surface area contributed by atoms with Crippen molar-refractivity contribution >= 4 is 13.8 Å². The van der Waals surface area contributed by atoms with Crippen LogP contribution in [0.3, 0.4) is 0 Å². The molecule has 1 atom stereocenters. The summed E-state index contributed by atoms with van der Waals surface area (Å²) >= 11 is 0. The first kappa shape index (κ1) is 8.46. The van der Waals surface area contributed by atoms with E-state index in [2.05, 4.69) is 9.26 Å². The SMILES string of the molecule is COC(=O)OP(C)(=O)O. The van der Waals surface area contributed by atoms with Gasteiger partial charge in [-0.05, 0) is 0 Å². The third-order valence-electron chi connectivity index (χ3n) is 0.411. The molecule has 0 aliphatic rings. The highest BCUT2D eigenvalue weighted by atomic mass is 31.2. The Labute approximate surface area is 52.1 Å². The van der Waals surface area contributed by atoms with Crippen molar-refractivity contribution in [2.45, 2.75) is 0 Å². The first-order chi connectivity index (χ1) is 3.95. The lowest BCUT2D eigenvalue weighted by atomic mass is 11.4. The fourth-order valence-electron chi connectivity index (χ4n) is 0.176. The van der Waals surface area contributed by atoms with Gasteiger partial charge in [0.15, 0.2) is 0 Å². The van der Waals surface area contributed by atoms with Crippen molar-refractivity contribution in [2.75, 3.05) is 13.8 Å². The average Bonchev–Trinajstić information content (AvgIpc) is 1.62. The molecule has 6 heteroatoms. The zero-order valence-corrected chi connectivity index (χ0v) is 5.92. The average molecular weight is 154 g/mol. The minimum Gasteiger partial charge on any atom is -0.437 e. The van der Waals surface area contributed by atoms with Crippen molar-refractivity contribution < 1.29 is 23.5 Å². The second kappa shape index (κ2) is 2.85. The Kier molecular flexibility index (Phi) is 2.67. The minimum atomic E-state index is -3.71. The number of rotatable bonds is 1. The van der Waals surface area contributed by atoms with Crippen molar-refractivity contribution in [3.8, 4) is 0 Å². The zero-order valence-electron chi connectivity index (χ0n) is 5.03. The summed E-state index contributed by atoms with van der Waals surface area (Å²) in [4.78, 5) is 18.4. The van der Waals surface area contributed by atoms with Gasteiger partial charge in [-0.15, -0.1) is 0 Å². The molecule has 0 aromatic heterocycles. The van der Waals surface area contributed by atoms with Gasteiger partial charge in [0.1, 0.15) is 0 Å². The lowest BCUT2D eigenvalue weighted by Gasteiger charge is -2.03. The Morgan fingerprint density at radius 2 is 2.11 bits per heavy atom. The molecule has 0 aliphatic heterocycles. The van der Waals surface area contributed by atoms with Crippen LogP contribution >= 0.6 is 7.60 Å². The summed E-state index contributed by atoms with van der Waals surface area (Å²) in [6.45, 7) is 0.893. The minimum absolute atomic E-state index is 0.893. The summed E-state index contributed by atoms with van der Waals surface area (Å²) in [5.74, 6) is 0. The molecule has 0 saturated carbocycles. The van der Waals surface area contributed by atoms with Crippen LogP contribution in [0.4, 0.5) is 4.79 Å². The van der Waals surface area contributed by atoms with E-state index in [0.29, 0.717) is 0 Å². The van der Waals surface area contributed by atoms with Gasteiger partial charge >= 0.3 is 13.8 Å². The van der Waals surface area contributed by atoms with Gasteiger partial charge in [-0.25, -0.2) is 9.36 Å². The van der Waals surface area contributed by atoms with Gasteiger partial charge in [0.25, 0.3) is 0 Å². The third-order valence-corrected chi connectivity index (χ3v) is 0.898. The number of ether oxygens (including phenoxy) is 1. The maximum atomic E-state index is 10.2. The number of hydrogen-bond acceptors (Lipinski definition) is 4. The summed E-state index contributed by atoms with van der Waals surface area (Å²) in [7, 11) is -2.66.